The predicted molar refractivity (Wildman–Crippen MR) is 192 cm³/mol. The number of aromatic nitrogens is 2. The van der Waals surface area contributed by atoms with E-state index in [-0.39, 0.29) is 26.9 Å². The van der Waals surface area contributed by atoms with Crippen LogP contribution in [-0.4, -0.2) is 22.0 Å². The molecule has 0 aliphatic carbocycles. The van der Waals surface area contributed by atoms with Crippen LogP contribution in [0.25, 0.3) is 50.1 Å². The first-order valence-electron chi connectivity index (χ1n) is 14.7. The van der Waals surface area contributed by atoms with Crippen molar-refractivity contribution in [2.45, 2.75) is 55.1 Å². The van der Waals surface area contributed by atoms with Crippen LogP contribution in [0.15, 0.2) is 121 Å². The maximum atomic E-state index is 11.3. The number of ether oxygens (including phenoxy) is 1. The minimum absolute atomic E-state index is 0. The minimum atomic E-state index is -0.284. The van der Waals surface area contributed by atoms with Gasteiger partial charge in [0.25, 0.3) is 0 Å². The average molecular weight is 597 g/mol. The zero-order chi connectivity index (χ0) is 30.2. The maximum Gasteiger partial charge on any atom is 0.331 e. The van der Waals surface area contributed by atoms with Gasteiger partial charge >= 0.3 is 5.97 Å². The number of rotatable bonds is 6. The summed E-state index contributed by atoms with van der Waals surface area (Å²) in [7, 11) is 0. The van der Waals surface area contributed by atoms with Crippen molar-refractivity contribution in [2.24, 2.45) is 0 Å². The lowest BCUT2D eigenvalue weighted by atomic mass is 9.95. The first-order chi connectivity index (χ1) is 20.9. The van der Waals surface area contributed by atoms with Gasteiger partial charge in [0.1, 0.15) is 0 Å². The van der Waals surface area contributed by atoms with E-state index in [1.165, 1.54) is 28.3 Å². The Morgan fingerprint density at radius 3 is 1.53 bits per heavy atom. The molecular formula is C41H44N2O2. The van der Waals surface area contributed by atoms with Crippen LogP contribution in [0.5, 0.6) is 0 Å². The Bertz CT molecular complexity index is 1760. The number of fused-ring (bicyclic) bond motifs is 3. The van der Waals surface area contributed by atoms with Gasteiger partial charge in [-0.1, -0.05) is 125 Å². The van der Waals surface area contributed by atoms with E-state index in [1.807, 2.05) is 56.3 Å². The number of esters is 1. The summed E-state index contributed by atoms with van der Waals surface area (Å²) in [4.78, 5) is 21.1. The summed E-state index contributed by atoms with van der Waals surface area (Å²) in [5.41, 5.74) is 9.76. The lowest BCUT2D eigenvalue weighted by Crippen LogP contribution is -2.11. The molecule has 0 radical (unpaired) electrons. The highest BCUT2D eigenvalue weighted by Gasteiger charge is 2.14. The molecule has 6 rings (SSSR count). The number of aryl methyl sites for hydroxylation is 2. The molecule has 1 atom stereocenters. The van der Waals surface area contributed by atoms with Gasteiger partial charge in [-0.25, -0.2) is 4.79 Å². The number of benzene rings is 4. The number of hydrogen-bond acceptors (Lipinski definition) is 4. The Morgan fingerprint density at radius 1 is 0.689 bits per heavy atom. The summed E-state index contributed by atoms with van der Waals surface area (Å²) in [5.74, 6) is -0.284. The van der Waals surface area contributed by atoms with Gasteiger partial charge in [-0.05, 0) is 73.2 Å². The molecule has 0 saturated heterocycles. The van der Waals surface area contributed by atoms with Crippen LogP contribution in [0.1, 0.15) is 52.1 Å². The number of pyridine rings is 2. The van der Waals surface area contributed by atoms with E-state index in [4.69, 9.17) is 14.7 Å². The van der Waals surface area contributed by atoms with Gasteiger partial charge in [0.2, 0.25) is 0 Å². The molecule has 0 bridgehead atoms. The van der Waals surface area contributed by atoms with Gasteiger partial charge in [-0.2, -0.15) is 0 Å². The van der Waals surface area contributed by atoms with Gasteiger partial charge in [0, 0.05) is 28.2 Å². The molecule has 1 unspecified atom stereocenters. The Kier molecular flexibility index (Phi) is 12.3. The fourth-order valence-corrected chi connectivity index (χ4v) is 4.99. The van der Waals surface area contributed by atoms with Crippen molar-refractivity contribution in [1.29, 1.82) is 0 Å². The van der Waals surface area contributed by atoms with Gasteiger partial charge in [-0.3, -0.25) is 9.97 Å². The maximum absolute atomic E-state index is 11.3. The Morgan fingerprint density at radius 2 is 1.11 bits per heavy atom. The third-order valence-electron chi connectivity index (χ3n) is 7.29. The second-order valence-electron chi connectivity index (χ2n) is 10.6. The van der Waals surface area contributed by atoms with Gasteiger partial charge < -0.3 is 4.74 Å². The average Bonchev–Trinajstić information content (AvgIpc) is 3.04. The lowest BCUT2D eigenvalue weighted by Gasteiger charge is -2.13. The van der Waals surface area contributed by atoms with Crippen molar-refractivity contribution in [3.8, 4) is 22.3 Å². The second-order valence-corrected chi connectivity index (χ2v) is 10.6. The van der Waals surface area contributed by atoms with Crippen molar-refractivity contribution in [3.63, 3.8) is 0 Å². The van der Waals surface area contributed by atoms with Crippen LogP contribution >= 0.6 is 0 Å². The summed E-state index contributed by atoms with van der Waals surface area (Å²) < 4.78 is 5.10. The fourth-order valence-electron chi connectivity index (χ4n) is 4.99. The summed E-state index contributed by atoms with van der Waals surface area (Å²) >= 11 is 0. The molecule has 0 fully saturated rings. The quantitative estimate of drug-likeness (QED) is 0.109. The molecule has 6 aromatic rings. The SMILES string of the molecule is C.C.CCC(C)OC(=O)C=Cc1ccccc1.Cc1cc(-c2ccccc2)c2ccc3c(-c4ccccc4)cc(C)nc3c2n1. The van der Waals surface area contributed by atoms with E-state index in [1.54, 1.807) is 6.08 Å². The summed E-state index contributed by atoms with van der Waals surface area (Å²) in [6.45, 7) is 7.98. The topological polar surface area (TPSA) is 52.1 Å². The third kappa shape index (κ3) is 8.51. The highest BCUT2D eigenvalue weighted by molar-refractivity contribution is 6.12. The van der Waals surface area contributed by atoms with E-state index in [0.29, 0.717) is 0 Å². The first-order valence-corrected chi connectivity index (χ1v) is 14.7. The number of carbonyl (C=O) groups excluding carboxylic acids is 1. The minimum Gasteiger partial charge on any atom is -0.460 e. The van der Waals surface area contributed by atoms with E-state index in [0.717, 1.165) is 45.2 Å². The molecule has 0 amide bonds. The van der Waals surface area contributed by atoms with E-state index in [9.17, 15) is 4.79 Å². The van der Waals surface area contributed by atoms with Crippen LogP contribution in [0.4, 0.5) is 0 Å². The van der Waals surface area contributed by atoms with Crippen molar-refractivity contribution < 1.29 is 9.53 Å². The Labute approximate surface area is 268 Å². The van der Waals surface area contributed by atoms with Gasteiger partial charge in [0.15, 0.2) is 0 Å². The molecular weight excluding hydrogens is 552 g/mol. The molecule has 2 heterocycles. The molecule has 2 aromatic heterocycles. The molecule has 0 aliphatic heterocycles. The Hall–Kier alpha value is -5.09. The zero-order valence-electron chi connectivity index (χ0n) is 25.1. The molecule has 0 spiro atoms. The van der Waals surface area contributed by atoms with Crippen LogP contribution in [0, 0.1) is 13.8 Å². The van der Waals surface area contributed by atoms with Crippen molar-refractivity contribution in [2.75, 3.05) is 0 Å². The summed E-state index contributed by atoms with van der Waals surface area (Å²) in [6, 6.07) is 39.4. The highest BCUT2D eigenvalue weighted by Crippen LogP contribution is 2.36. The molecule has 0 N–H and O–H groups in total. The molecule has 4 nitrogen and oxygen atoms in total. The van der Waals surface area contributed by atoms with Crippen molar-refractivity contribution in [1.82, 2.24) is 9.97 Å². The normalized spacial score (nSPS) is 11.2. The number of carbonyl (C=O) groups is 1. The standard InChI is InChI=1S/C26H20N2.C13H16O2.2CH4/c1-17-15-23(19-9-5-3-6-10-19)21-13-14-22-24(20-11-7-4-8-12-20)16-18(2)28-26(22)25(21)27-17;1-3-11(2)15-13(14)10-9-12-7-5-4-6-8-12;;/h3-16H,1-2H3;4-11H,3H2,1-2H3;2*1H4. The molecule has 4 aromatic carbocycles. The molecule has 0 aliphatic rings. The van der Waals surface area contributed by atoms with Crippen molar-refractivity contribution >= 4 is 33.9 Å². The Balaban J connectivity index is 0.000000280. The van der Waals surface area contributed by atoms with Gasteiger partial charge in [0.05, 0.1) is 17.1 Å². The molecule has 0 saturated carbocycles. The van der Waals surface area contributed by atoms with E-state index in [2.05, 4.69) is 86.6 Å². The summed E-state index contributed by atoms with van der Waals surface area (Å²) in [5, 5.41) is 2.28. The van der Waals surface area contributed by atoms with Crippen LogP contribution < -0.4 is 0 Å². The zero-order valence-corrected chi connectivity index (χ0v) is 25.1. The van der Waals surface area contributed by atoms with Crippen LogP contribution in [-0.2, 0) is 9.53 Å². The lowest BCUT2D eigenvalue weighted by molar-refractivity contribution is -0.142. The van der Waals surface area contributed by atoms with Crippen LogP contribution in [0.3, 0.4) is 0 Å². The predicted octanol–water partition coefficient (Wildman–Crippen LogP) is 11.0. The molecule has 230 valence electrons. The van der Waals surface area contributed by atoms with E-state index >= 15 is 0 Å². The first kappa shape index (κ1) is 34.4. The molecule has 45 heavy (non-hydrogen) atoms. The van der Waals surface area contributed by atoms with Gasteiger partial charge in [-0.15, -0.1) is 0 Å². The summed E-state index contributed by atoms with van der Waals surface area (Å²) in [6.07, 6.45) is 4.04. The highest BCUT2D eigenvalue weighted by atomic mass is 16.5. The van der Waals surface area contributed by atoms with Crippen molar-refractivity contribution in [3.05, 3.63) is 138 Å². The second kappa shape index (κ2) is 16.1. The smallest absolute Gasteiger partial charge is 0.331 e. The fraction of sp³-hybridized carbons (Fsp3) is 0.195. The largest absolute Gasteiger partial charge is 0.460 e. The number of hydrogen-bond donors (Lipinski definition) is 0. The molecule has 4 heteroatoms. The van der Waals surface area contributed by atoms with E-state index < -0.39 is 0 Å². The third-order valence-corrected chi connectivity index (χ3v) is 7.29. The van der Waals surface area contributed by atoms with Crippen LogP contribution in [0.2, 0.25) is 0 Å². The number of nitrogens with zero attached hydrogens (tertiary/aromatic N) is 2. The monoisotopic (exact) mass is 596 g/mol.